The van der Waals surface area contributed by atoms with E-state index in [1.807, 2.05) is 16.7 Å². The van der Waals surface area contributed by atoms with Crippen LogP contribution in [0.1, 0.15) is 22.3 Å². The monoisotopic (exact) mass is 288 g/mol. The van der Waals surface area contributed by atoms with Gasteiger partial charge in [0.15, 0.2) is 0 Å². The van der Waals surface area contributed by atoms with E-state index in [0.717, 1.165) is 25.3 Å². The molecule has 4 nitrogen and oxygen atoms in total. The number of hydrogen-bond donors (Lipinski definition) is 0. The van der Waals surface area contributed by atoms with Crippen molar-refractivity contribution in [2.75, 3.05) is 26.0 Å². The first-order valence-electron chi connectivity index (χ1n) is 6.62. The molecule has 3 rings (SSSR count). The predicted molar refractivity (Wildman–Crippen MR) is 77.7 cm³/mol. The second kappa shape index (κ2) is 5.12. The fourth-order valence-electron chi connectivity index (χ4n) is 2.87. The van der Waals surface area contributed by atoms with Gasteiger partial charge in [0.1, 0.15) is 0 Å². The van der Waals surface area contributed by atoms with Crippen molar-refractivity contribution in [3.8, 4) is 6.07 Å². The molecular formula is C15H16N2O2S. The molecule has 0 aromatic heterocycles. The first-order valence-corrected chi connectivity index (χ1v) is 7.60. The Morgan fingerprint density at radius 2 is 2.35 bits per heavy atom. The van der Waals surface area contributed by atoms with Gasteiger partial charge in [-0.05, 0) is 24.6 Å². The molecular weight excluding hydrogens is 272 g/mol. The number of benzene rings is 1. The number of carbonyl (C=O) groups is 1. The van der Waals surface area contributed by atoms with E-state index in [1.165, 1.54) is 0 Å². The number of thioether (sulfide) groups is 1. The summed E-state index contributed by atoms with van der Waals surface area (Å²) in [7, 11) is 1.75. The lowest BCUT2D eigenvalue weighted by Gasteiger charge is -2.47. The maximum absolute atomic E-state index is 12.4. The third-order valence-electron chi connectivity index (χ3n) is 3.99. The number of hydrogen-bond acceptors (Lipinski definition) is 4. The van der Waals surface area contributed by atoms with Gasteiger partial charge in [-0.1, -0.05) is 6.07 Å². The molecule has 1 atom stereocenters. The number of ether oxygens (including phenoxy) is 1. The predicted octanol–water partition coefficient (Wildman–Crippen LogP) is 1.90. The van der Waals surface area contributed by atoms with Crippen LogP contribution in [0.5, 0.6) is 0 Å². The van der Waals surface area contributed by atoms with Gasteiger partial charge in [0.25, 0.3) is 5.91 Å². The average molecular weight is 288 g/mol. The molecule has 2 fully saturated rings. The van der Waals surface area contributed by atoms with Crippen LogP contribution < -0.4 is 0 Å². The van der Waals surface area contributed by atoms with E-state index in [4.69, 9.17) is 10.00 Å². The van der Waals surface area contributed by atoms with Gasteiger partial charge in [0, 0.05) is 31.5 Å². The highest BCUT2D eigenvalue weighted by Crippen LogP contribution is 2.46. The van der Waals surface area contributed by atoms with Crippen LogP contribution >= 0.6 is 11.8 Å². The van der Waals surface area contributed by atoms with E-state index in [1.54, 1.807) is 31.4 Å². The Balaban J connectivity index is 1.65. The van der Waals surface area contributed by atoms with Crippen molar-refractivity contribution in [1.29, 1.82) is 5.26 Å². The van der Waals surface area contributed by atoms with Crippen molar-refractivity contribution in [2.24, 2.45) is 0 Å². The summed E-state index contributed by atoms with van der Waals surface area (Å²) in [6.07, 6.45) is 1.34. The molecule has 1 amide bonds. The summed E-state index contributed by atoms with van der Waals surface area (Å²) in [5.74, 6) is 1.04. The first kappa shape index (κ1) is 13.5. The largest absolute Gasteiger partial charge is 0.381 e. The van der Waals surface area contributed by atoms with Gasteiger partial charge in [0.05, 0.1) is 22.5 Å². The average Bonchev–Trinajstić information content (AvgIpc) is 2.89. The van der Waals surface area contributed by atoms with Gasteiger partial charge < -0.3 is 9.64 Å². The molecule has 0 radical (unpaired) electrons. The Hall–Kier alpha value is -1.51. The van der Waals surface area contributed by atoms with Gasteiger partial charge in [-0.25, -0.2) is 0 Å². The summed E-state index contributed by atoms with van der Waals surface area (Å²) in [4.78, 5) is 14.2. The second-order valence-corrected chi connectivity index (χ2v) is 6.90. The number of nitriles is 1. The van der Waals surface area contributed by atoms with Crippen molar-refractivity contribution in [3.05, 3.63) is 35.4 Å². The molecule has 5 heteroatoms. The van der Waals surface area contributed by atoms with Gasteiger partial charge in [0.2, 0.25) is 0 Å². The normalized spacial score (nSPS) is 23.4. The summed E-state index contributed by atoms with van der Waals surface area (Å²) < 4.78 is 5.59. The van der Waals surface area contributed by atoms with Crippen LogP contribution in [0.2, 0.25) is 0 Å². The Kier molecular flexibility index (Phi) is 3.45. The highest BCUT2D eigenvalue weighted by atomic mass is 32.2. The minimum Gasteiger partial charge on any atom is -0.381 e. The topological polar surface area (TPSA) is 53.3 Å². The summed E-state index contributed by atoms with van der Waals surface area (Å²) in [6.45, 7) is 1.57. The number of carbonyl (C=O) groups excluding carboxylic acids is 1. The molecule has 0 saturated carbocycles. The number of methoxy groups -OCH3 is 1. The van der Waals surface area contributed by atoms with E-state index in [-0.39, 0.29) is 10.7 Å². The highest BCUT2D eigenvalue weighted by Gasteiger charge is 2.50. The van der Waals surface area contributed by atoms with Crippen molar-refractivity contribution in [1.82, 2.24) is 4.90 Å². The zero-order chi connectivity index (χ0) is 14.2. The third kappa shape index (κ3) is 2.30. The standard InChI is InChI=1S/C15H16N2O2S/c1-19-13-6-15(20-8-13)9-17(10-15)14(18)12-4-2-3-11(5-12)7-16/h2-5,13H,6,8-10H2,1H3/t13-/m1/s1. The quantitative estimate of drug-likeness (QED) is 0.834. The second-order valence-electron chi connectivity index (χ2n) is 5.41. The van der Waals surface area contributed by atoms with Crippen LogP contribution in [0.3, 0.4) is 0 Å². The van der Waals surface area contributed by atoms with Crippen LogP contribution in [0.15, 0.2) is 24.3 Å². The van der Waals surface area contributed by atoms with E-state index < -0.39 is 0 Å². The molecule has 2 heterocycles. The molecule has 1 aromatic rings. The van der Waals surface area contributed by atoms with Gasteiger partial charge in [-0.15, -0.1) is 11.8 Å². The van der Waals surface area contributed by atoms with Gasteiger partial charge >= 0.3 is 0 Å². The maximum atomic E-state index is 12.4. The Labute approximate surface area is 122 Å². The molecule has 1 aromatic carbocycles. The number of rotatable bonds is 2. The maximum Gasteiger partial charge on any atom is 0.253 e. The minimum atomic E-state index is 0.0224. The molecule has 2 saturated heterocycles. The molecule has 2 aliphatic rings. The van der Waals surface area contributed by atoms with Crippen LogP contribution in [-0.4, -0.2) is 47.6 Å². The fourth-order valence-corrected chi connectivity index (χ4v) is 4.46. The molecule has 0 bridgehead atoms. The van der Waals surface area contributed by atoms with E-state index in [2.05, 4.69) is 6.07 Å². The zero-order valence-corrected chi connectivity index (χ0v) is 12.2. The van der Waals surface area contributed by atoms with Crippen molar-refractivity contribution < 1.29 is 9.53 Å². The summed E-state index contributed by atoms with van der Waals surface area (Å²) in [6, 6.07) is 8.97. The molecule has 1 spiro atoms. The lowest BCUT2D eigenvalue weighted by molar-refractivity contribution is 0.0452. The summed E-state index contributed by atoms with van der Waals surface area (Å²) >= 11 is 1.92. The molecule has 0 unspecified atom stereocenters. The fraction of sp³-hybridized carbons (Fsp3) is 0.467. The smallest absolute Gasteiger partial charge is 0.253 e. The number of amides is 1. The number of likely N-dealkylation sites (tertiary alicyclic amines) is 1. The Morgan fingerprint density at radius 1 is 1.55 bits per heavy atom. The zero-order valence-electron chi connectivity index (χ0n) is 11.3. The van der Waals surface area contributed by atoms with Crippen LogP contribution in [0.25, 0.3) is 0 Å². The van der Waals surface area contributed by atoms with Gasteiger partial charge in [-0.3, -0.25) is 4.79 Å². The van der Waals surface area contributed by atoms with Gasteiger partial charge in [-0.2, -0.15) is 5.26 Å². The van der Waals surface area contributed by atoms with Crippen molar-refractivity contribution in [2.45, 2.75) is 17.3 Å². The lowest BCUT2D eigenvalue weighted by Crippen LogP contribution is -2.60. The number of nitrogens with zero attached hydrogens (tertiary/aromatic N) is 2. The van der Waals surface area contributed by atoms with Crippen LogP contribution in [0.4, 0.5) is 0 Å². The van der Waals surface area contributed by atoms with E-state index in [0.29, 0.717) is 17.2 Å². The highest BCUT2D eigenvalue weighted by molar-refractivity contribution is 8.01. The molecule has 104 valence electrons. The van der Waals surface area contributed by atoms with E-state index >= 15 is 0 Å². The van der Waals surface area contributed by atoms with E-state index in [9.17, 15) is 4.79 Å². The molecule has 20 heavy (non-hydrogen) atoms. The lowest BCUT2D eigenvalue weighted by atomic mass is 9.92. The minimum absolute atomic E-state index is 0.0224. The van der Waals surface area contributed by atoms with Crippen LogP contribution in [0, 0.1) is 11.3 Å². The van der Waals surface area contributed by atoms with Crippen molar-refractivity contribution in [3.63, 3.8) is 0 Å². The third-order valence-corrected chi connectivity index (χ3v) is 5.57. The summed E-state index contributed by atoms with van der Waals surface area (Å²) in [5.41, 5.74) is 1.13. The Bertz CT molecular complexity index is 575. The first-order chi connectivity index (χ1) is 9.65. The molecule has 0 aliphatic carbocycles. The summed E-state index contributed by atoms with van der Waals surface area (Å²) in [5, 5.41) is 8.89. The Morgan fingerprint density at radius 3 is 3.00 bits per heavy atom. The molecule has 2 aliphatic heterocycles. The molecule has 0 N–H and O–H groups in total. The van der Waals surface area contributed by atoms with Crippen molar-refractivity contribution >= 4 is 17.7 Å². The SMILES string of the molecule is CO[C@H]1CSC2(C1)CN(C(=O)c1cccc(C#N)c1)C2. The van der Waals surface area contributed by atoms with Crippen LogP contribution in [-0.2, 0) is 4.74 Å².